The molecule has 0 aliphatic rings. The number of nitrogens with two attached hydrogens (primary N) is 1. The quantitative estimate of drug-likeness (QED) is 0.935. The van der Waals surface area contributed by atoms with E-state index in [1.54, 1.807) is 12.1 Å². The van der Waals surface area contributed by atoms with E-state index in [1.165, 1.54) is 12.1 Å². The van der Waals surface area contributed by atoms with Gasteiger partial charge in [-0.05, 0) is 42.0 Å². The van der Waals surface area contributed by atoms with E-state index in [2.05, 4.69) is 20.8 Å². The van der Waals surface area contributed by atoms with Crippen LogP contribution in [-0.2, 0) is 12.0 Å². The van der Waals surface area contributed by atoms with Crippen LogP contribution in [0, 0.1) is 5.82 Å². The molecule has 1 aromatic heterocycles. The van der Waals surface area contributed by atoms with Crippen LogP contribution in [0.4, 0.5) is 15.9 Å². The topological polar surface area (TPSA) is 42.1 Å². The van der Waals surface area contributed by atoms with Crippen molar-refractivity contribution in [2.75, 3.05) is 11.9 Å². The molecule has 2 aromatic rings. The van der Waals surface area contributed by atoms with Gasteiger partial charge in [-0.1, -0.05) is 20.8 Å². The molecule has 2 rings (SSSR count). The Kier molecular flexibility index (Phi) is 4.28. The van der Waals surface area contributed by atoms with Gasteiger partial charge in [0, 0.05) is 30.4 Å². The van der Waals surface area contributed by atoms with Crippen LogP contribution >= 0.6 is 0 Å². The highest BCUT2D eigenvalue weighted by molar-refractivity contribution is 5.60. The Morgan fingerprint density at radius 2 is 1.76 bits per heavy atom. The molecule has 0 unspecified atom stereocenters. The number of hydrogen-bond donors (Lipinski definition) is 1. The van der Waals surface area contributed by atoms with Gasteiger partial charge in [-0.3, -0.25) is 0 Å². The Balaban J connectivity index is 2.45. The summed E-state index contributed by atoms with van der Waals surface area (Å²) in [5, 5.41) is 0. The number of benzene rings is 1. The minimum absolute atomic E-state index is 0.0520. The third-order valence-electron chi connectivity index (χ3n) is 3.43. The molecule has 4 heteroatoms. The lowest BCUT2D eigenvalue weighted by Gasteiger charge is -2.24. The maximum absolute atomic E-state index is 13.0. The number of aromatic nitrogens is 1. The molecule has 21 heavy (non-hydrogen) atoms. The summed E-state index contributed by atoms with van der Waals surface area (Å²) < 4.78 is 13.0. The number of pyridine rings is 1. The number of nitrogens with zero attached hydrogens (tertiary/aromatic N) is 2. The molecule has 0 spiro atoms. The second-order valence-electron chi connectivity index (χ2n) is 6.21. The second kappa shape index (κ2) is 5.82. The zero-order valence-electron chi connectivity index (χ0n) is 13.0. The molecule has 2 N–H and O–H groups in total. The van der Waals surface area contributed by atoms with Crippen molar-refractivity contribution in [2.45, 2.75) is 32.7 Å². The van der Waals surface area contributed by atoms with E-state index < -0.39 is 0 Å². The van der Waals surface area contributed by atoms with Gasteiger partial charge in [-0.2, -0.15) is 0 Å². The van der Waals surface area contributed by atoms with Gasteiger partial charge in [-0.25, -0.2) is 9.37 Å². The molecule has 0 atom stereocenters. The predicted octanol–water partition coefficient (Wildman–Crippen LogP) is 3.74. The Morgan fingerprint density at radius 1 is 1.14 bits per heavy atom. The van der Waals surface area contributed by atoms with Crippen molar-refractivity contribution in [2.24, 2.45) is 5.73 Å². The first-order valence-electron chi connectivity index (χ1n) is 7.02. The van der Waals surface area contributed by atoms with E-state index in [0.717, 1.165) is 22.8 Å². The van der Waals surface area contributed by atoms with Crippen molar-refractivity contribution in [3.63, 3.8) is 0 Å². The summed E-state index contributed by atoms with van der Waals surface area (Å²) in [7, 11) is 1.92. The van der Waals surface area contributed by atoms with E-state index in [4.69, 9.17) is 10.7 Å². The van der Waals surface area contributed by atoms with E-state index >= 15 is 0 Å². The lowest BCUT2D eigenvalue weighted by Crippen LogP contribution is -2.19. The van der Waals surface area contributed by atoms with Gasteiger partial charge in [-0.15, -0.1) is 0 Å². The lowest BCUT2D eigenvalue weighted by molar-refractivity contribution is 0.568. The molecule has 0 radical (unpaired) electrons. The molecule has 0 fully saturated rings. The molecule has 0 bridgehead atoms. The smallest absolute Gasteiger partial charge is 0.133 e. The molecular weight excluding hydrogens is 265 g/mol. The van der Waals surface area contributed by atoms with Gasteiger partial charge in [0.15, 0.2) is 0 Å². The van der Waals surface area contributed by atoms with Gasteiger partial charge in [0.05, 0.1) is 0 Å². The van der Waals surface area contributed by atoms with Crippen LogP contribution < -0.4 is 10.6 Å². The third-order valence-corrected chi connectivity index (χ3v) is 3.43. The first-order chi connectivity index (χ1) is 9.81. The van der Waals surface area contributed by atoms with Crippen molar-refractivity contribution >= 4 is 11.5 Å². The Hall–Kier alpha value is -1.94. The number of halogens is 1. The van der Waals surface area contributed by atoms with Crippen molar-refractivity contribution in [3.8, 4) is 0 Å². The average Bonchev–Trinajstić information content (AvgIpc) is 2.46. The van der Waals surface area contributed by atoms with Gasteiger partial charge in [0.2, 0.25) is 0 Å². The molecule has 1 heterocycles. The van der Waals surface area contributed by atoms with Crippen LogP contribution in [0.2, 0.25) is 0 Å². The van der Waals surface area contributed by atoms with Crippen molar-refractivity contribution < 1.29 is 4.39 Å². The fourth-order valence-corrected chi connectivity index (χ4v) is 2.04. The maximum Gasteiger partial charge on any atom is 0.133 e. The monoisotopic (exact) mass is 287 g/mol. The van der Waals surface area contributed by atoms with E-state index in [9.17, 15) is 4.39 Å². The highest BCUT2D eigenvalue weighted by Gasteiger charge is 2.18. The second-order valence-corrected chi connectivity index (χ2v) is 6.21. The predicted molar refractivity (Wildman–Crippen MR) is 85.3 cm³/mol. The zero-order valence-corrected chi connectivity index (χ0v) is 13.0. The van der Waals surface area contributed by atoms with Crippen molar-refractivity contribution in [3.05, 3.63) is 53.5 Å². The summed E-state index contributed by atoms with van der Waals surface area (Å²) in [4.78, 5) is 6.67. The first-order valence-corrected chi connectivity index (χ1v) is 7.02. The summed E-state index contributed by atoms with van der Waals surface area (Å²) in [5.41, 5.74) is 8.66. The molecule has 0 aliphatic heterocycles. The largest absolute Gasteiger partial charge is 0.329 e. The highest BCUT2D eigenvalue weighted by atomic mass is 19.1. The minimum Gasteiger partial charge on any atom is -0.329 e. The number of rotatable bonds is 3. The Bertz CT molecular complexity index is 615. The third kappa shape index (κ3) is 3.58. The highest BCUT2D eigenvalue weighted by Crippen LogP contribution is 2.27. The molecule has 3 nitrogen and oxygen atoms in total. The summed E-state index contributed by atoms with van der Waals surface area (Å²) in [6.45, 7) is 6.84. The van der Waals surface area contributed by atoms with Gasteiger partial charge in [0.25, 0.3) is 0 Å². The average molecular weight is 287 g/mol. The maximum atomic E-state index is 13.0. The molecular formula is C17H22FN3. The standard InChI is InChI=1S/C17H22FN3/c1-17(2,3)15-9-12(11-19)10-16(20-15)21(4)14-7-5-13(18)6-8-14/h5-10H,11,19H2,1-4H3. The fourth-order valence-electron chi connectivity index (χ4n) is 2.04. The van der Waals surface area contributed by atoms with E-state index in [0.29, 0.717) is 6.54 Å². The summed E-state index contributed by atoms with van der Waals surface area (Å²) in [6, 6.07) is 10.4. The first kappa shape index (κ1) is 15.4. The molecule has 0 aliphatic carbocycles. The fraction of sp³-hybridized carbons (Fsp3) is 0.353. The van der Waals surface area contributed by atoms with E-state index in [-0.39, 0.29) is 11.2 Å². The number of hydrogen-bond acceptors (Lipinski definition) is 3. The van der Waals surface area contributed by atoms with Crippen LogP contribution in [0.15, 0.2) is 36.4 Å². The number of anilines is 2. The van der Waals surface area contributed by atoms with Gasteiger partial charge >= 0.3 is 0 Å². The Labute approximate surface area is 125 Å². The summed E-state index contributed by atoms with van der Waals surface area (Å²) in [6.07, 6.45) is 0. The molecule has 112 valence electrons. The molecule has 0 saturated carbocycles. The van der Waals surface area contributed by atoms with Gasteiger partial charge < -0.3 is 10.6 Å². The van der Waals surface area contributed by atoms with Crippen LogP contribution in [0.5, 0.6) is 0 Å². The minimum atomic E-state index is -0.244. The molecule has 0 amide bonds. The van der Waals surface area contributed by atoms with Crippen LogP contribution in [0.1, 0.15) is 32.0 Å². The zero-order chi connectivity index (χ0) is 15.6. The Morgan fingerprint density at radius 3 is 2.29 bits per heavy atom. The van der Waals surface area contributed by atoms with Crippen LogP contribution in [-0.4, -0.2) is 12.0 Å². The van der Waals surface area contributed by atoms with E-state index in [1.807, 2.05) is 24.1 Å². The molecule has 1 aromatic carbocycles. The summed E-state index contributed by atoms with van der Waals surface area (Å²) >= 11 is 0. The van der Waals surface area contributed by atoms with Gasteiger partial charge in [0.1, 0.15) is 11.6 Å². The van der Waals surface area contributed by atoms with Crippen LogP contribution in [0.3, 0.4) is 0 Å². The van der Waals surface area contributed by atoms with Crippen molar-refractivity contribution in [1.29, 1.82) is 0 Å². The normalized spacial score (nSPS) is 11.5. The molecule has 0 saturated heterocycles. The summed E-state index contributed by atoms with van der Waals surface area (Å²) in [5.74, 6) is 0.570. The van der Waals surface area contributed by atoms with Crippen molar-refractivity contribution in [1.82, 2.24) is 4.98 Å². The SMILES string of the molecule is CN(c1ccc(F)cc1)c1cc(CN)cc(C(C)(C)C)n1. The lowest BCUT2D eigenvalue weighted by atomic mass is 9.90. The van der Waals surface area contributed by atoms with Crippen LogP contribution in [0.25, 0.3) is 0 Å².